The average molecular weight is 290 g/mol. The van der Waals surface area contributed by atoms with Crippen LogP contribution in [0, 0.1) is 6.92 Å². The van der Waals surface area contributed by atoms with E-state index in [1.807, 2.05) is 30.0 Å². The number of hydrogen-bond acceptors (Lipinski definition) is 3. The molecule has 0 aliphatic carbocycles. The van der Waals surface area contributed by atoms with E-state index in [1.165, 1.54) is 12.8 Å². The molecule has 20 heavy (non-hydrogen) atoms. The van der Waals surface area contributed by atoms with Crippen LogP contribution in [-0.2, 0) is 0 Å². The van der Waals surface area contributed by atoms with Crippen molar-refractivity contribution in [3.05, 3.63) is 29.3 Å². The summed E-state index contributed by atoms with van der Waals surface area (Å²) in [6, 6.07) is 7.01. The zero-order valence-electron chi connectivity index (χ0n) is 12.2. The molecule has 2 fully saturated rings. The molecule has 2 heterocycles. The first-order chi connectivity index (χ1) is 9.56. The van der Waals surface area contributed by atoms with Gasteiger partial charge in [-0.15, -0.1) is 12.6 Å². The largest absolute Gasteiger partial charge is 0.337 e. The maximum absolute atomic E-state index is 12.8. The Morgan fingerprint density at radius 1 is 1.25 bits per heavy atom. The van der Waals surface area contributed by atoms with Crippen LogP contribution in [0.1, 0.15) is 35.2 Å². The van der Waals surface area contributed by atoms with Crippen molar-refractivity contribution in [1.29, 1.82) is 0 Å². The fourth-order valence-corrected chi connectivity index (χ4v) is 3.71. The van der Waals surface area contributed by atoms with Crippen LogP contribution in [0.2, 0.25) is 0 Å². The molecule has 3 nitrogen and oxygen atoms in total. The fourth-order valence-electron chi connectivity index (χ4n) is 3.50. The Hall–Kier alpha value is -1.00. The second kappa shape index (κ2) is 5.41. The van der Waals surface area contributed by atoms with Crippen LogP contribution in [-0.4, -0.2) is 47.9 Å². The van der Waals surface area contributed by atoms with Crippen molar-refractivity contribution < 1.29 is 4.79 Å². The van der Waals surface area contributed by atoms with Crippen molar-refractivity contribution in [3.8, 4) is 0 Å². The molecule has 2 aliphatic rings. The van der Waals surface area contributed by atoms with Crippen molar-refractivity contribution in [3.63, 3.8) is 0 Å². The van der Waals surface area contributed by atoms with E-state index in [2.05, 4.69) is 24.6 Å². The number of nitrogens with zero attached hydrogens (tertiary/aromatic N) is 2. The van der Waals surface area contributed by atoms with Crippen LogP contribution in [0.3, 0.4) is 0 Å². The molecule has 0 N–H and O–H groups in total. The number of benzene rings is 1. The monoisotopic (exact) mass is 290 g/mol. The van der Waals surface area contributed by atoms with Gasteiger partial charge in [-0.1, -0.05) is 6.07 Å². The van der Waals surface area contributed by atoms with Crippen LogP contribution < -0.4 is 0 Å². The molecular formula is C16H22N2OS. The van der Waals surface area contributed by atoms with Gasteiger partial charge >= 0.3 is 0 Å². The fraction of sp³-hybridized carbons (Fsp3) is 0.562. The maximum Gasteiger partial charge on any atom is 0.254 e. The number of carbonyl (C=O) groups excluding carboxylic acids is 1. The molecule has 0 saturated carbocycles. The smallest absolute Gasteiger partial charge is 0.254 e. The van der Waals surface area contributed by atoms with Crippen LogP contribution in [0.5, 0.6) is 0 Å². The van der Waals surface area contributed by atoms with Gasteiger partial charge in [0.05, 0.1) is 0 Å². The summed E-state index contributed by atoms with van der Waals surface area (Å²) in [5.41, 5.74) is 1.84. The number of hydrogen-bond donors (Lipinski definition) is 1. The maximum atomic E-state index is 12.8. The normalized spacial score (nSPS) is 26.6. The van der Waals surface area contributed by atoms with Crippen LogP contribution in [0.4, 0.5) is 0 Å². The van der Waals surface area contributed by atoms with Gasteiger partial charge in [0.15, 0.2) is 0 Å². The standard InChI is InChI=1S/C16H22N2OS/c1-11-3-6-14(20)9-15(11)16(19)18-8-7-12-4-5-13(10-18)17(12)2/h3,6,9,12-13,20H,4-5,7-8,10H2,1-2H3. The number of aryl methyl sites for hydroxylation is 1. The Balaban J connectivity index is 1.82. The molecule has 0 aromatic heterocycles. The first kappa shape index (κ1) is 14.0. The van der Waals surface area contributed by atoms with E-state index in [1.54, 1.807) is 0 Å². The van der Waals surface area contributed by atoms with Gasteiger partial charge in [0.2, 0.25) is 0 Å². The van der Waals surface area contributed by atoms with E-state index in [0.717, 1.165) is 35.5 Å². The molecule has 3 rings (SSSR count). The second-order valence-electron chi connectivity index (χ2n) is 6.09. The number of amides is 1. The SMILES string of the molecule is Cc1ccc(S)cc1C(=O)N1CCC2CCC(C1)N2C. The van der Waals surface area contributed by atoms with E-state index in [4.69, 9.17) is 0 Å². The summed E-state index contributed by atoms with van der Waals surface area (Å²) in [5, 5.41) is 0. The summed E-state index contributed by atoms with van der Waals surface area (Å²) < 4.78 is 0. The summed E-state index contributed by atoms with van der Waals surface area (Å²) in [7, 11) is 2.20. The molecule has 0 spiro atoms. The van der Waals surface area contributed by atoms with Gasteiger partial charge in [-0.25, -0.2) is 0 Å². The van der Waals surface area contributed by atoms with Gasteiger partial charge in [-0.2, -0.15) is 0 Å². The molecule has 2 unspecified atom stereocenters. The van der Waals surface area contributed by atoms with E-state index in [9.17, 15) is 4.79 Å². The number of carbonyl (C=O) groups is 1. The number of likely N-dealkylation sites (N-methyl/N-ethyl adjacent to an activating group) is 1. The van der Waals surface area contributed by atoms with Crippen molar-refractivity contribution in [2.45, 2.75) is 43.2 Å². The van der Waals surface area contributed by atoms with E-state index in [-0.39, 0.29) is 5.91 Å². The Kier molecular flexibility index (Phi) is 3.78. The van der Waals surface area contributed by atoms with E-state index >= 15 is 0 Å². The highest BCUT2D eigenvalue weighted by atomic mass is 32.1. The highest BCUT2D eigenvalue weighted by molar-refractivity contribution is 7.80. The Bertz CT molecular complexity index is 531. The lowest BCUT2D eigenvalue weighted by Gasteiger charge is -2.26. The van der Waals surface area contributed by atoms with Gasteiger partial charge in [0.25, 0.3) is 5.91 Å². The highest BCUT2D eigenvalue weighted by Crippen LogP contribution is 2.29. The summed E-state index contributed by atoms with van der Waals surface area (Å²) in [5.74, 6) is 0.166. The van der Waals surface area contributed by atoms with Crippen molar-refractivity contribution >= 4 is 18.5 Å². The van der Waals surface area contributed by atoms with Crippen molar-refractivity contribution in [2.24, 2.45) is 0 Å². The molecular weight excluding hydrogens is 268 g/mol. The number of likely N-dealkylation sites (tertiary alicyclic amines) is 1. The average Bonchev–Trinajstić information content (AvgIpc) is 2.65. The third-order valence-electron chi connectivity index (χ3n) is 4.89. The Morgan fingerprint density at radius 3 is 2.80 bits per heavy atom. The molecule has 1 amide bonds. The summed E-state index contributed by atoms with van der Waals surface area (Å²) in [6.07, 6.45) is 3.60. The number of thiol groups is 1. The lowest BCUT2D eigenvalue weighted by Crippen LogP contribution is -2.39. The molecule has 2 aliphatic heterocycles. The molecule has 2 atom stereocenters. The minimum absolute atomic E-state index is 0.166. The quantitative estimate of drug-likeness (QED) is 0.804. The van der Waals surface area contributed by atoms with Crippen LogP contribution in [0.15, 0.2) is 23.1 Å². The van der Waals surface area contributed by atoms with Crippen LogP contribution >= 0.6 is 12.6 Å². The molecule has 108 valence electrons. The van der Waals surface area contributed by atoms with Gasteiger partial charge in [-0.3, -0.25) is 9.69 Å². The number of fused-ring (bicyclic) bond motifs is 2. The van der Waals surface area contributed by atoms with Crippen LogP contribution in [0.25, 0.3) is 0 Å². The van der Waals surface area contributed by atoms with Crippen molar-refractivity contribution in [1.82, 2.24) is 9.80 Å². The highest BCUT2D eigenvalue weighted by Gasteiger charge is 2.36. The lowest BCUT2D eigenvalue weighted by molar-refractivity contribution is 0.0739. The van der Waals surface area contributed by atoms with Gasteiger partial charge in [0.1, 0.15) is 0 Å². The molecule has 0 radical (unpaired) electrons. The molecule has 2 saturated heterocycles. The van der Waals surface area contributed by atoms with E-state index in [0.29, 0.717) is 12.1 Å². The van der Waals surface area contributed by atoms with Gasteiger partial charge in [-0.05, 0) is 50.9 Å². The minimum Gasteiger partial charge on any atom is -0.337 e. The summed E-state index contributed by atoms with van der Waals surface area (Å²) in [4.78, 5) is 18.1. The zero-order valence-corrected chi connectivity index (χ0v) is 13.1. The summed E-state index contributed by atoms with van der Waals surface area (Å²) >= 11 is 4.36. The third-order valence-corrected chi connectivity index (χ3v) is 5.17. The van der Waals surface area contributed by atoms with Crippen molar-refractivity contribution in [2.75, 3.05) is 20.1 Å². The Morgan fingerprint density at radius 2 is 2.00 bits per heavy atom. The summed E-state index contributed by atoms with van der Waals surface area (Å²) in [6.45, 7) is 3.74. The topological polar surface area (TPSA) is 23.6 Å². The molecule has 1 aromatic rings. The minimum atomic E-state index is 0.166. The lowest BCUT2D eigenvalue weighted by atomic mass is 10.0. The molecule has 1 aromatic carbocycles. The number of rotatable bonds is 1. The van der Waals surface area contributed by atoms with Gasteiger partial charge in [0, 0.05) is 35.6 Å². The first-order valence-electron chi connectivity index (χ1n) is 7.37. The van der Waals surface area contributed by atoms with Gasteiger partial charge < -0.3 is 4.90 Å². The first-order valence-corrected chi connectivity index (χ1v) is 7.82. The van der Waals surface area contributed by atoms with E-state index < -0.39 is 0 Å². The Labute approximate surface area is 126 Å². The predicted octanol–water partition coefficient (Wildman–Crippen LogP) is 2.59. The third kappa shape index (κ3) is 2.47. The predicted molar refractivity (Wildman–Crippen MR) is 83.5 cm³/mol. The zero-order chi connectivity index (χ0) is 14.3. The second-order valence-corrected chi connectivity index (χ2v) is 6.61. The molecule has 2 bridgehead atoms. The molecule has 4 heteroatoms.